The van der Waals surface area contributed by atoms with E-state index in [-0.39, 0.29) is 30.3 Å². The second kappa shape index (κ2) is 7.74. The van der Waals surface area contributed by atoms with Gasteiger partial charge in [0, 0.05) is 12.6 Å². The number of hydrogen-bond acceptors (Lipinski definition) is 7. The van der Waals surface area contributed by atoms with E-state index in [0.29, 0.717) is 28.5 Å². The highest BCUT2D eigenvalue weighted by atomic mass is 16.5. The van der Waals surface area contributed by atoms with E-state index in [4.69, 9.17) is 14.2 Å². The molecular formula is C20H18N4O6. The Bertz CT molecular complexity index is 1220. The first-order valence-corrected chi connectivity index (χ1v) is 8.98. The number of benzene rings is 2. The van der Waals surface area contributed by atoms with Crippen LogP contribution >= 0.6 is 0 Å². The molecule has 1 aromatic heterocycles. The van der Waals surface area contributed by atoms with E-state index < -0.39 is 11.5 Å². The van der Waals surface area contributed by atoms with E-state index in [2.05, 4.69) is 20.6 Å². The molecule has 4 rings (SSSR count). The number of carbonyl (C=O) groups is 2. The third-order valence-corrected chi connectivity index (χ3v) is 4.56. The number of ether oxygens (including phenoxy) is 3. The van der Waals surface area contributed by atoms with Gasteiger partial charge in [-0.2, -0.15) is 0 Å². The molecule has 1 aliphatic rings. The maximum Gasteiger partial charge on any atom is 0.287 e. The molecule has 0 bridgehead atoms. The van der Waals surface area contributed by atoms with Gasteiger partial charge in [-0.25, -0.2) is 4.98 Å². The van der Waals surface area contributed by atoms with Crippen LogP contribution in [0, 0.1) is 0 Å². The molecular weight excluding hydrogens is 392 g/mol. The number of carbonyl (C=O) groups excluding carboxylic acids is 2. The first kappa shape index (κ1) is 19.2. The summed E-state index contributed by atoms with van der Waals surface area (Å²) in [6.07, 6.45) is 0. The standard InChI is InChI=1S/C20H18N4O6/c1-28-15-6-11-13(7-16(15)29-2)23-18(24-19(11)26)20(27)21-8-10-3-4-12-14(5-10)30-9-17(25)22-12/h3-7H,8-9H2,1-2H3,(H,21,27)(H,22,25)(H,23,24,26). The SMILES string of the molecule is COc1cc2nc(C(=O)NCc3ccc4c(c3)OCC(=O)N4)[nH]c(=O)c2cc1OC. The summed E-state index contributed by atoms with van der Waals surface area (Å²) in [7, 11) is 2.94. The van der Waals surface area contributed by atoms with Crippen LogP contribution in [0.5, 0.6) is 17.2 Å². The lowest BCUT2D eigenvalue weighted by atomic mass is 10.1. The zero-order chi connectivity index (χ0) is 21.3. The van der Waals surface area contributed by atoms with E-state index in [0.717, 1.165) is 5.56 Å². The molecule has 0 fully saturated rings. The van der Waals surface area contributed by atoms with Crippen LogP contribution in [0.2, 0.25) is 0 Å². The van der Waals surface area contributed by atoms with Gasteiger partial charge in [-0.3, -0.25) is 14.4 Å². The highest BCUT2D eigenvalue weighted by Crippen LogP contribution is 2.30. The molecule has 1 aliphatic heterocycles. The lowest BCUT2D eigenvalue weighted by Gasteiger charge is -2.18. The molecule has 0 radical (unpaired) electrons. The minimum atomic E-state index is -0.546. The minimum absolute atomic E-state index is 0.0562. The Morgan fingerprint density at radius 2 is 1.93 bits per heavy atom. The second-order valence-electron chi connectivity index (χ2n) is 6.49. The maximum atomic E-state index is 12.5. The number of H-pyrrole nitrogens is 1. The van der Waals surface area contributed by atoms with E-state index in [9.17, 15) is 14.4 Å². The third kappa shape index (κ3) is 3.62. The van der Waals surface area contributed by atoms with Crippen molar-refractivity contribution in [1.29, 1.82) is 0 Å². The zero-order valence-corrected chi connectivity index (χ0v) is 16.2. The first-order chi connectivity index (χ1) is 14.5. The summed E-state index contributed by atoms with van der Waals surface area (Å²) in [5.74, 6) is 0.427. The van der Waals surface area contributed by atoms with Crippen molar-refractivity contribution in [1.82, 2.24) is 15.3 Å². The fraction of sp³-hybridized carbons (Fsp3) is 0.200. The monoisotopic (exact) mass is 410 g/mol. The van der Waals surface area contributed by atoms with Crippen LogP contribution in [-0.2, 0) is 11.3 Å². The molecule has 0 saturated heterocycles. The van der Waals surface area contributed by atoms with Crippen molar-refractivity contribution in [3.05, 3.63) is 52.1 Å². The Morgan fingerprint density at radius 1 is 1.17 bits per heavy atom. The summed E-state index contributed by atoms with van der Waals surface area (Å²) in [4.78, 5) is 43.0. The smallest absolute Gasteiger partial charge is 0.287 e. The number of fused-ring (bicyclic) bond motifs is 2. The number of aromatic nitrogens is 2. The maximum absolute atomic E-state index is 12.5. The summed E-state index contributed by atoms with van der Waals surface area (Å²) in [6, 6.07) is 8.22. The highest BCUT2D eigenvalue weighted by molar-refractivity contribution is 5.95. The molecule has 0 spiro atoms. The normalized spacial score (nSPS) is 12.5. The van der Waals surface area contributed by atoms with Gasteiger partial charge in [0.15, 0.2) is 23.9 Å². The van der Waals surface area contributed by atoms with Crippen molar-refractivity contribution >= 4 is 28.4 Å². The van der Waals surface area contributed by atoms with Crippen LogP contribution in [0.15, 0.2) is 35.1 Å². The lowest BCUT2D eigenvalue weighted by molar-refractivity contribution is -0.118. The molecule has 2 amide bonds. The predicted molar refractivity (Wildman–Crippen MR) is 107 cm³/mol. The second-order valence-corrected chi connectivity index (χ2v) is 6.49. The lowest BCUT2D eigenvalue weighted by Crippen LogP contribution is -2.28. The summed E-state index contributed by atoms with van der Waals surface area (Å²) < 4.78 is 15.8. The topological polar surface area (TPSA) is 132 Å². The number of nitrogens with zero attached hydrogens (tertiary/aromatic N) is 1. The summed E-state index contributed by atoms with van der Waals surface area (Å²) in [5.41, 5.74) is 1.17. The van der Waals surface area contributed by atoms with Gasteiger partial charge in [-0.15, -0.1) is 0 Å². The summed E-state index contributed by atoms with van der Waals surface area (Å²) in [6.45, 7) is 0.121. The molecule has 2 heterocycles. The number of hydrogen-bond donors (Lipinski definition) is 3. The largest absolute Gasteiger partial charge is 0.493 e. The molecule has 10 nitrogen and oxygen atoms in total. The Morgan fingerprint density at radius 3 is 2.70 bits per heavy atom. The van der Waals surface area contributed by atoms with Crippen molar-refractivity contribution in [3.8, 4) is 17.2 Å². The van der Waals surface area contributed by atoms with Crippen molar-refractivity contribution in [2.75, 3.05) is 26.1 Å². The van der Waals surface area contributed by atoms with Gasteiger partial charge in [0.2, 0.25) is 0 Å². The Labute approximate surface area is 170 Å². The number of methoxy groups -OCH3 is 2. The molecule has 10 heteroatoms. The van der Waals surface area contributed by atoms with Crippen LogP contribution in [0.1, 0.15) is 16.2 Å². The molecule has 0 atom stereocenters. The molecule has 30 heavy (non-hydrogen) atoms. The van der Waals surface area contributed by atoms with Gasteiger partial charge in [0.1, 0.15) is 5.75 Å². The first-order valence-electron chi connectivity index (χ1n) is 8.98. The predicted octanol–water partition coefficient (Wildman–Crippen LogP) is 1.20. The number of aromatic amines is 1. The average molecular weight is 410 g/mol. The number of rotatable bonds is 5. The van der Waals surface area contributed by atoms with Gasteiger partial charge in [0.25, 0.3) is 17.4 Å². The van der Waals surface area contributed by atoms with Crippen molar-refractivity contribution < 1.29 is 23.8 Å². The van der Waals surface area contributed by atoms with Gasteiger partial charge in [-0.1, -0.05) is 6.07 Å². The Balaban J connectivity index is 1.55. The van der Waals surface area contributed by atoms with Gasteiger partial charge in [0.05, 0.1) is 30.8 Å². The van der Waals surface area contributed by atoms with Crippen LogP contribution in [0.25, 0.3) is 10.9 Å². The van der Waals surface area contributed by atoms with Crippen molar-refractivity contribution in [2.24, 2.45) is 0 Å². The molecule has 3 N–H and O–H groups in total. The van der Waals surface area contributed by atoms with E-state index in [1.165, 1.54) is 26.4 Å². The number of anilines is 1. The van der Waals surface area contributed by atoms with Crippen LogP contribution in [0.4, 0.5) is 5.69 Å². The van der Waals surface area contributed by atoms with Gasteiger partial charge >= 0.3 is 0 Å². The molecule has 2 aromatic carbocycles. The number of amides is 2. The van der Waals surface area contributed by atoms with E-state index in [1.54, 1.807) is 18.2 Å². The van der Waals surface area contributed by atoms with Crippen molar-refractivity contribution in [3.63, 3.8) is 0 Å². The Kier molecular flexibility index (Phi) is 4.97. The quantitative estimate of drug-likeness (QED) is 0.576. The summed E-state index contributed by atoms with van der Waals surface area (Å²) in [5, 5.41) is 5.68. The van der Waals surface area contributed by atoms with Crippen LogP contribution in [0.3, 0.4) is 0 Å². The fourth-order valence-corrected chi connectivity index (χ4v) is 3.07. The Hall–Kier alpha value is -4.08. The minimum Gasteiger partial charge on any atom is -0.493 e. The molecule has 0 unspecified atom stereocenters. The molecule has 0 saturated carbocycles. The fourth-order valence-electron chi connectivity index (χ4n) is 3.07. The summed E-state index contributed by atoms with van der Waals surface area (Å²) >= 11 is 0. The van der Waals surface area contributed by atoms with Crippen LogP contribution < -0.4 is 30.4 Å². The van der Waals surface area contributed by atoms with Gasteiger partial charge in [-0.05, 0) is 23.8 Å². The third-order valence-electron chi connectivity index (χ3n) is 4.56. The molecule has 0 aliphatic carbocycles. The van der Waals surface area contributed by atoms with Crippen LogP contribution in [-0.4, -0.2) is 42.6 Å². The highest BCUT2D eigenvalue weighted by Gasteiger charge is 2.17. The number of nitrogens with one attached hydrogen (secondary N) is 3. The van der Waals surface area contributed by atoms with Crippen molar-refractivity contribution in [2.45, 2.75) is 6.54 Å². The van der Waals surface area contributed by atoms with E-state index >= 15 is 0 Å². The molecule has 3 aromatic rings. The molecule has 154 valence electrons. The zero-order valence-electron chi connectivity index (χ0n) is 16.2. The average Bonchev–Trinajstić information content (AvgIpc) is 2.76. The van der Waals surface area contributed by atoms with Gasteiger partial charge < -0.3 is 29.8 Å². The van der Waals surface area contributed by atoms with E-state index in [1.807, 2.05) is 0 Å².